The van der Waals surface area contributed by atoms with E-state index in [4.69, 9.17) is 0 Å². The van der Waals surface area contributed by atoms with Crippen LogP contribution in [-0.4, -0.2) is 8.80 Å². The largest absolute Gasteiger partial charge is 0.0799 e. The van der Waals surface area contributed by atoms with E-state index in [1.807, 2.05) is 0 Å². The Hall–Kier alpha value is -0.681. The zero-order chi connectivity index (χ0) is 19.0. The molecule has 0 fully saturated rings. The minimum atomic E-state index is -0.488. The number of hydrogen-bond acceptors (Lipinski definition) is 0. The fourth-order valence-electron chi connectivity index (χ4n) is 5.53. The Morgan fingerprint density at radius 1 is 0.538 bits per heavy atom. The molecule has 1 aliphatic carbocycles. The molecule has 0 N–H and O–H groups in total. The Morgan fingerprint density at radius 3 is 1.38 bits per heavy atom. The van der Waals surface area contributed by atoms with Gasteiger partial charge in [-0.1, -0.05) is 32.1 Å². The zero-order valence-corrected chi connectivity index (χ0v) is 22.1. The molecule has 0 aliphatic heterocycles. The van der Waals surface area contributed by atoms with E-state index in [1.165, 1.54) is 38.9 Å². The van der Waals surface area contributed by atoms with Crippen molar-refractivity contribution in [2.75, 3.05) is 0 Å². The topological polar surface area (TPSA) is 0 Å². The fraction of sp³-hybridized carbons (Fsp3) is 0.500. The van der Waals surface area contributed by atoms with E-state index in [0.29, 0.717) is 0 Å². The molecule has 0 amide bonds. The van der Waals surface area contributed by atoms with Crippen LogP contribution in [0.15, 0.2) is 0 Å². The first kappa shape index (κ1) is 21.6. The molecule has 3 rings (SSSR count). The number of hydrogen-bond donors (Lipinski definition) is 0. The normalized spacial score (nSPS) is 14.3. The summed E-state index contributed by atoms with van der Waals surface area (Å²) in [6, 6.07) is 0. The van der Waals surface area contributed by atoms with E-state index in [2.05, 4.69) is 75.4 Å². The van der Waals surface area contributed by atoms with Crippen molar-refractivity contribution >= 4 is 14.0 Å². The van der Waals surface area contributed by atoms with Crippen LogP contribution in [0.3, 0.4) is 0 Å². The van der Waals surface area contributed by atoms with Crippen LogP contribution in [0.1, 0.15) is 63.9 Å². The predicted molar refractivity (Wildman–Crippen MR) is 114 cm³/mol. The Bertz CT molecular complexity index is 917. The SMILES string of the molecule is Cc1c(C)c(C)c2c(c1C)-c1c(C)c(C)c([Si](C)C)c(C)c1C2(C)C.[Re]. The van der Waals surface area contributed by atoms with Gasteiger partial charge in [-0.15, -0.1) is 0 Å². The van der Waals surface area contributed by atoms with Crippen molar-refractivity contribution in [2.24, 2.45) is 0 Å². The summed E-state index contributed by atoms with van der Waals surface area (Å²) in [6.07, 6.45) is 0. The molecule has 0 bridgehead atoms. The van der Waals surface area contributed by atoms with E-state index in [0.717, 1.165) is 0 Å². The van der Waals surface area contributed by atoms with Crippen LogP contribution in [0.5, 0.6) is 0 Å². The van der Waals surface area contributed by atoms with Gasteiger partial charge in [0.2, 0.25) is 0 Å². The fourth-order valence-corrected chi connectivity index (χ4v) is 7.34. The molecular weight excluding hydrogens is 503 g/mol. The van der Waals surface area contributed by atoms with Crippen LogP contribution in [0.25, 0.3) is 11.1 Å². The molecule has 0 saturated carbocycles. The smallest absolute Gasteiger partial charge is 0.0671 e. The van der Waals surface area contributed by atoms with Crippen molar-refractivity contribution in [3.63, 3.8) is 0 Å². The molecule has 2 aromatic rings. The number of benzene rings is 2. The summed E-state index contributed by atoms with van der Waals surface area (Å²) in [4.78, 5) is 0. The monoisotopic (exact) mass is 536 g/mol. The molecule has 0 unspecified atom stereocenters. The molecule has 0 spiro atoms. The zero-order valence-electron chi connectivity index (χ0n) is 18.4. The van der Waals surface area contributed by atoms with Gasteiger partial charge in [-0.2, -0.15) is 0 Å². The molecule has 2 radical (unpaired) electrons. The van der Waals surface area contributed by atoms with Crippen LogP contribution in [-0.2, 0) is 25.8 Å². The van der Waals surface area contributed by atoms with Crippen LogP contribution >= 0.6 is 0 Å². The third-order valence-electron chi connectivity index (χ3n) is 7.00. The first-order chi connectivity index (χ1) is 11.4. The second-order valence-corrected chi connectivity index (χ2v) is 11.4. The minimum absolute atomic E-state index is 0. The summed E-state index contributed by atoms with van der Waals surface area (Å²) >= 11 is 0. The van der Waals surface area contributed by atoms with E-state index < -0.39 is 8.80 Å². The van der Waals surface area contributed by atoms with Crippen molar-refractivity contribution < 1.29 is 20.4 Å². The first-order valence-corrected chi connectivity index (χ1v) is 12.0. The maximum atomic E-state index is 2.45. The molecule has 0 heterocycles. The number of fused-ring (bicyclic) bond motifs is 3. The molecule has 0 saturated heterocycles. The van der Waals surface area contributed by atoms with Gasteiger partial charge >= 0.3 is 0 Å². The average molecular weight is 536 g/mol. The van der Waals surface area contributed by atoms with Crippen LogP contribution in [0.4, 0.5) is 0 Å². The van der Waals surface area contributed by atoms with Crippen LogP contribution < -0.4 is 5.19 Å². The molecular formula is C24H33ReSi. The molecule has 0 aromatic heterocycles. The van der Waals surface area contributed by atoms with E-state index in [-0.39, 0.29) is 25.8 Å². The van der Waals surface area contributed by atoms with Gasteiger partial charge in [0.15, 0.2) is 0 Å². The molecule has 26 heavy (non-hydrogen) atoms. The summed E-state index contributed by atoms with van der Waals surface area (Å²) in [5.41, 5.74) is 16.9. The second kappa shape index (κ2) is 6.73. The maximum Gasteiger partial charge on any atom is 0.0799 e. The summed E-state index contributed by atoms with van der Waals surface area (Å²) in [5.74, 6) is 0. The van der Waals surface area contributed by atoms with Crippen molar-refractivity contribution in [3.05, 3.63) is 50.1 Å². The Labute approximate surface area is 176 Å². The molecule has 0 atom stereocenters. The quantitative estimate of drug-likeness (QED) is 0.387. The molecule has 2 aromatic carbocycles. The molecule has 1 aliphatic rings. The summed E-state index contributed by atoms with van der Waals surface area (Å²) in [5, 5.41) is 1.66. The van der Waals surface area contributed by atoms with Gasteiger partial charge in [0.1, 0.15) is 0 Å². The van der Waals surface area contributed by atoms with Crippen LogP contribution in [0.2, 0.25) is 13.1 Å². The van der Waals surface area contributed by atoms with Gasteiger partial charge in [0.25, 0.3) is 0 Å². The van der Waals surface area contributed by atoms with E-state index in [1.54, 1.807) is 27.4 Å². The summed E-state index contributed by atoms with van der Waals surface area (Å²) < 4.78 is 0. The number of rotatable bonds is 1. The van der Waals surface area contributed by atoms with Gasteiger partial charge < -0.3 is 0 Å². The first-order valence-electron chi connectivity index (χ1n) is 9.50. The van der Waals surface area contributed by atoms with Gasteiger partial charge in [-0.3, -0.25) is 0 Å². The van der Waals surface area contributed by atoms with Crippen molar-refractivity contribution in [1.82, 2.24) is 0 Å². The van der Waals surface area contributed by atoms with E-state index in [9.17, 15) is 0 Å². The third kappa shape index (κ3) is 2.56. The summed E-state index contributed by atoms with van der Waals surface area (Å²) in [6.45, 7) is 26.1. The average Bonchev–Trinajstić information content (AvgIpc) is 2.76. The van der Waals surface area contributed by atoms with Crippen LogP contribution in [0, 0.1) is 48.5 Å². The maximum absolute atomic E-state index is 2.45. The Kier molecular flexibility index (Phi) is 5.60. The Morgan fingerprint density at radius 2 is 0.923 bits per heavy atom. The molecule has 0 nitrogen and oxygen atoms in total. The van der Waals surface area contributed by atoms with Gasteiger partial charge in [-0.25, -0.2) is 0 Å². The van der Waals surface area contributed by atoms with Gasteiger partial charge in [0, 0.05) is 25.8 Å². The van der Waals surface area contributed by atoms with Gasteiger partial charge in [0.05, 0.1) is 8.80 Å². The predicted octanol–water partition coefficient (Wildman–Crippen LogP) is 6.11. The van der Waals surface area contributed by atoms with Crippen molar-refractivity contribution in [3.8, 4) is 11.1 Å². The van der Waals surface area contributed by atoms with Gasteiger partial charge in [-0.05, 0) is 110 Å². The van der Waals surface area contributed by atoms with Crippen molar-refractivity contribution in [1.29, 1.82) is 0 Å². The second-order valence-electron chi connectivity index (χ2n) is 8.88. The standard InChI is InChI=1S/C24H33Si.Re/c1-12-13(2)16(5)21-19(14(12)3)20-15(4)17(6)23(25(10)11)18(7)22(20)24(21,8)9;/h1-11H3;. The summed E-state index contributed by atoms with van der Waals surface area (Å²) in [7, 11) is -0.488. The third-order valence-corrected chi connectivity index (χ3v) is 8.75. The van der Waals surface area contributed by atoms with E-state index >= 15 is 0 Å². The minimum Gasteiger partial charge on any atom is -0.0671 e. The van der Waals surface area contributed by atoms with Crippen molar-refractivity contribution in [2.45, 2.75) is 80.8 Å². The Balaban J connectivity index is 0.00000243. The molecule has 140 valence electrons. The molecule has 2 heteroatoms.